The highest BCUT2D eigenvalue weighted by atomic mass is 16.5. The lowest BCUT2D eigenvalue weighted by Gasteiger charge is -2.33. The normalized spacial score (nSPS) is 14.2. The Morgan fingerprint density at radius 1 is 1.00 bits per heavy atom. The predicted molar refractivity (Wildman–Crippen MR) is 154 cm³/mol. The van der Waals surface area contributed by atoms with Crippen molar-refractivity contribution in [2.75, 3.05) is 19.1 Å². The van der Waals surface area contributed by atoms with Gasteiger partial charge >= 0.3 is 0 Å². The largest absolute Gasteiger partial charge is 0.493 e. The summed E-state index contributed by atoms with van der Waals surface area (Å²) in [6.07, 6.45) is 4.82. The van der Waals surface area contributed by atoms with Crippen LogP contribution in [0.2, 0.25) is 0 Å². The van der Waals surface area contributed by atoms with Gasteiger partial charge in [0.15, 0.2) is 11.5 Å². The summed E-state index contributed by atoms with van der Waals surface area (Å²) in [5.41, 5.74) is 3.70. The Bertz CT molecular complexity index is 1480. The van der Waals surface area contributed by atoms with E-state index in [9.17, 15) is 9.59 Å². The summed E-state index contributed by atoms with van der Waals surface area (Å²) in [6.45, 7) is 1.97. The number of carbonyl (C=O) groups excluding carboxylic acids is 2. The van der Waals surface area contributed by atoms with Crippen molar-refractivity contribution in [3.8, 4) is 11.5 Å². The van der Waals surface area contributed by atoms with Gasteiger partial charge in [-0.05, 0) is 55.2 Å². The zero-order chi connectivity index (χ0) is 28.1. The maximum absolute atomic E-state index is 14.3. The maximum atomic E-state index is 14.3. The molecule has 4 aromatic rings. The highest BCUT2D eigenvalue weighted by Gasteiger charge is 2.37. The van der Waals surface area contributed by atoms with Crippen LogP contribution in [0.5, 0.6) is 11.5 Å². The standard InChI is InChI=1S/C31H35N5O4/c1-4-21-16-18-23(19-17-21)36(28(37)20-35-26-14-8-7-13-25(26)33-34-35)29(31(38)32-22-10-5-6-11-22)24-12-9-15-27(39-2)30(24)40-3/h7-9,12-19,22,29H,4-6,10-11,20H2,1-3H3,(H,32,38)/t29-/m1/s1. The molecule has 0 saturated heterocycles. The summed E-state index contributed by atoms with van der Waals surface area (Å²) in [5, 5.41) is 11.7. The number of nitrogens with zero attached hydrogens (tertiary/aromatic N) is 4. The van der Waals surface area contributed by atoms with E-state index in [1.165, 1.54) is 7.11 Å². The quantitative estimate of drug-likeness (QED) is 0.308. The molecule has 5 rings (SSSR count). The third-order valence-electron chi connectivity index (χ3n) is 7.53. The number of aryl methyl sites for hydroxylation is 1. The fourth-order valence-corrected chi connectivity index (χ4v) is 5.44. The van der Waals surface area contributed by atoms with Crippen molar-refractivity contribution in [2.45, 2.75) is 57.7 Å². The number of fused-ring (bicyclic) bond motifs is 1. The number of anilines is 1. The topological polar surface area (TPSA) is 98.6 Å². The monoisotopic (exact) mass is 541 g/mol. The lowest BCUT2D eigenvalue weighted by Crippen LogP contribution is -2.47. The van der Waals surface area contributed by atoms with E-state index in [0.717, 1.165) is 43.2 Å². The van der Waals surface area contributed by atoms with Gasteiger partial charge in [0.2, 0.25) is 11.8 Å². The Morgan fingerprint density at radius 2 is 1.75 bits per heavy atom. The zero-order valence-corrected chi connectivity index (χ0v) is 23.2. The van der Waals surface area contributed by atoms with Crippen LogP contribution in [0.15, 0.2) is 66.7 Å². The van der Waals surface area contributed by atoms with Crippen LogP contribution in [0.3, 0.4) is 0 Å². The van der Waals surface area contributed by atoms with Gasteiger partial charge in [0, 0.05) is 17.3 Å². The van der Waals surface area contributed by atoms with Gasteiger partial charge < -0.3 is 14.8 Å². The first-order chi connectivity index (χ1) is 19.5. The lowest BCUT2D eigenvalue weighted by atomic mass is 10.00. The number of carbonyl (C=O) groups is 2. The molecular formula is C31H35N5O4. The first-order valence-corrected chi connectivity index (χ1v) is 13.7. The van der Waals surface area contributed by atoms with Crippen LogP contribution < -0.4 is 19.7 Å². The summed E-state index contributed by atoms with van der Waals surface area (Å²) >= 11 is 0. The van der Waals surface area contributed by atoms with E-state index >= 15 is 0 Å². The Balaban J connectivity index is 1.63. The van der Waals surface area contributed by atoms with E-state index in [2.05, 4.69) is 22.6 Å². The van der Waals surface area contributed by atoms with E-state index < -0.39 is 6.04 Å². The number of benzene rings is 3. The molecule has 1 aliphatic carbocycles. The van der Waals surface area contributed by atoms with Crippen LogP contribution >= 0.6 is 0 Å². The van der Waals surface area contributed by atoms with Crippen LogP contribution in [0.4, 0.5) is 5.69 Å². The Hall–Kier alpha value is -4.40. The van der Waals surface area contributed by atoms with Crippen molar-refractivity contribution in [3.05, 3.63) is 77.9 Å². The predicted octanol–water partition coefficient (Wildman–Crippen LogP) is 4.84. The molecule has 1 heterocycles. The van der Waals surface area contributed by atoms with Crippen LogP contribution in [-0.4, -0.2) is 47.1 Å². The van der Waals surface area contributed by atoms with Gasteiger partial charge in [-0.25, -0.2) is 4.68 Å². The molecule has 1 saturated carbocycles. The molecule has 1 aromatic heterocycles. The molecule has 0 radical (unpaired) electrons. The first kappa shape index (κ1) is 27.2. The van der Waals surface area contributed by atoms with Crippen molar-refractivity contribution in [1.29, 1.82) is 0 Å². The number of rotatable bonds is 10. The number of hydrogen-bond acceptors (Lipinski definition) is 6. The molecular weight excluding hydrogens is 506 g/mol. The molecule has 9 heteroatoms. The second-order valence-corrected chi connectivity index (χ2v) is 9.99. The van der Waals surface area contributed by atoms with E-state index in [0.29, 0.717) is 28.3 Å². The SMILES string of the molecule is CCc1ccc(N(C(=O)Cn2nnc3ccccc32)[C@@H](C(=O)NC2CCCC2)c2cccc(OC)c2OC)cc1. The third kappa shape index (κ3) is 5.50. The maximum Gasteiger partial charge on any atom is 0.249 e. The molecule has 0 unspecified atom stereocenters. The average molecular weight is 542 g/mol. The lowest BCUT2D eigenvalue weighted by molar-refractivity contribution is -0.127. The zero-order valence-electron chi connectivity index (χ0n) is 23.2. The van der Waals surface area contributed by atoms with E-state index in [4.69, 9.17) is 9.47 Å². The number of hydrogen-bond donors (Lipinski definition) is 1. The second kappa shape index (κ2) is 12.2. The second-order valence-electron chi connectivity index (χ2n) is 9.99. The number of para-hydroxylation sites is 2. The number of ether oxygens (including phenoxy) is 2. The molecule has 1 fully saturated rings. The average Bonchev–Trinajstić information content (AvgIpc) is 3.65. The van der Waals surface area contributed by atoms with Gasteiger partial charge in [0.05, 0.1) is 19.7 Å². The highest BCUT2D eigenvalue weighted by molar-refractivity contribution is 6.02. The van der Waals surface area contributed by atoms with Crippen molar-refractivity contribution < 1.29 is 19.1 Å². The fraction of sp³-hybridized carbons (Fsp3) is 0.355. The third-order valence-corrected chi connectivity index (χ3v) is 7.53. The van der Waals surface area contributed by atoms with Crippen molar-refractivity contribution in [3.63, 3.8) is 0 Å². The number of methoxy groups -OCH3 is 2. The van der Waals surface area contributed by atoms with Crippen LogP contribution in [0.1, 0.15) is 49.8 Å². The van der Waals surface area contributed by atoms with Gasteiger partial charge in [-0.2, -0.15) is 0 Å². The van der Waals surface area contributed by atoms with Gasteiger partial charge in [-0.1, -0.05) is 61.4 Å². The van der Waals surface area contributed by atoms with E-state index in [1.807, 2.05) is 54.6 Å². The van der Waals surface area contributed by atoms with Gasteiger partial charge in [0.25, 0.3) is 0 Å². The summed E-state index contributed by atoms with van der Waals surface area (Å²) in [5.74, 6) is 0.312. The molecule has 0 aliphatic heterocycles. The van der Waals surface area contributed by atoms with Crippen LogP contribution in [-0.2, 0) is 22.6 Å². The highest BCUT2D eigenvalue weighted by Crippen LogP contribution is 2.39. The smallest absolute Gasteiger partial charge is 0.249 e. The summed E-state index contributed by atoms with van der Waals surface area (Å²) < 4.78 is 12.9. The van der Waals surface area contributed by atoms with Gasteiger partial charge in [-0.3, -0.25) is 14.5 Å². The molecule has 3 aromatic carbocycles. The summed E-state index contributed by atoms with van der Waals surface area (Å²) in [7, 11) is 3.09. The molecule has 0 bridgehead atoms. The minimum atomic E-state index is -1.01. The van der Waals surface area contributed by atoms with E-state index in [1.54, 1.807) is 28.8 Å². The Morgan fingerprint density at radius 3 is 2.45 bits per heavy atom. The Kier molecular flexibility index (Phi) is 8.28. The molecule has 1 aliphatic rings. The molecule has 0 spiro atoms. The van der Waals surface area contributed by atoms with Gasteiger partial charge in [0.1, 0.15) is 18.1 Å². The van der Waals surface area contributed by atoms with Crippen LogP contribution in [0, 0.1) is 0 Å². The molecule has 40 heavy (non-hydrogen) atoms. The molecule has 1 atom stereocenters. The molecule has 208 valence electrons. The molecule has 2 amide bonds. The van der Waals surface area contributed by atoms with Crippen molar-refractivity contribution >= 4 is 28.5 Å². The summed E-state index contributed by atoms with van der Waals surface area (Å²) in [6, 6.07) is 19.7. The number of nitrogens with one attached hydrogen (secondary N) is 1. The molecule has 9 nitrogen and oxygen atoms in total. The molecule has 1 N–H and O–H groups in total. The minimum Gasteiger partial charge on any atom is -0.493 e. The van der Waals surface area contributed by atoms with Crippen LogP contribution in [0.25, 0.3) is 11.0 Å². The summed E-state index contributed by atoms with van der Waals surface area (Å²) in [4.78, 5) is 30.0. The Labute approximate surface area is 234 Å². The van der Waals surface area contributed by atoms with E-state index in [-0.39, 0.29) is 24.4 Å². The van der Waals surface area contributed by atoms with Crippen molar-refractivity contribution in [1.82, 2.24) is 20.3 Å². The number of amides is 2. The first-order valence-electron chi connectivity index (χ1n) is 13.7. The van der Waals surface area contributed by atoms with Crippen molar-refractivity contribution in [2.24, 2.45) is 0 Å². The van der Waals surface area contributed by atoms with Gasteiger partial charge in [-0.15, -0.1) is 5.10 Å². The fourth-order valence-electron chi connectivity index (χ4n) is 5.44. The number of aromatic nitrogens is 3. The minimum absolute atomic E-state index is 0.0604.